The number of nitrogens with zero attached hydrogens (tertiary/aromatic N) is 5. The third kappa shape index (κ3) is 3.69. The van der Waals surface area contributed by atoms with Crippen LogP contribution in [0.2, 0.25) is 0 Å². The lowest BCUT2D eigenvalue weighted by molar-refractivity contribution is -0.124. The van der Waals surface area contributed by atoms with Crippen molar-refractivity contribution >= 4 is 28.3 Å². The Labute approximate surface area is 197 Å². The van der Waals surface area contributed by atoms with E-state index in [1.807, 2.05) is 61.0 Å². The predicted octanol–water partition coefficient (Wildman–Crippen LogP) is 4.12. The minimum Gasteiger partial charge on any atom is -0.439 e. The number of aryl methyl sites for hydroxylation is 2. The number of carbonyl (C=O) groups excluding carboxylic acids is 1. The van der Waals surface area contributed by atoms with Gasteiger partial charge in [-0.3, -0.25) is 4.79 Å². The number of hydrogen-bond acceptors (Lipinski definition) is 6. The lowest BCUT2D eigenvalue weighted by atomic mass is 9.99. The van der Waals surface area contributed by atoms with E-state index in [0.717, 1.165) is 39.1 Å². The molecule has 0 fully saturated rings. The topological polar surface area (TPSA) is 99.2 Å². The summed E-state index contributed by atoms with van der Waals surface area (Å²) in [5.41, 5.74) is 11.8. The largest absolute Gasteiger partial charge is 0.439 e. The van der Waals surface area contributed by atoms with Gasteiger partial charge < -0.3 is 19.9 Å². The molecule has 34 heavy (non-hydrogen) atoms. The molecular formula is C26H24N6O2. The zero-order valence-electron chi connectivity index (χ0n) is 19.0. The van der Waals surface area contributed by atoms with Crippen molar-refractivity contribution in [3.05, 3.63) is 78.9 Å². The maximum absolute atomic E-state index is 12.2. The van der Waals surface area contributed by atoms with Crippen LogP contribution in [0, 0.1) is 6.92 Å². The molecule has 0 saturated heterocycles. The first kappa shape index (κ1) is 21.4. The minimum absolute atomic E-state index is 0.0999. The van der Waals surface area contributed by atoms with Gasteiger partial charge in [0.1, 0.15) is 23.5 Å². The average molecular weight is 453 g/mol. The molecule has 0 atom stereocenters. The molecule has 8 nitrogen and oxygen atoms in total. The maximum atomic E-state index is 12.2. The Morgan fingerprint density at radius 3 is 2.71 bits per heavy atom. The molecule has 0 bridgehead atoms. The fourth-order valence-corrected chi connectivity index (χ4v) is 4.34. The summed E-state index contributed by atoms with van der Waals surface area (Å²) in [6, 6.07) is 13.4. The highest BCUT2D eigenvalue weighted by molar-refractivity contribution is 6.06. The molecule has 1 aliphatic heterocycles. The summed E-state index contributed by atoms with van der Waals surface area (Å²) >= 11 is 0. The maximum Gasteiger partial charge on any atom is 0.246 e. The number of anilines is 1. The molecule has 0 unspecified atom stereocenters. The van der Waals surface area contributed by atoms with E-state index in [-0.39, 0.29) is 5.91 Å². The van der Waals surface area contributed by atoms with Crippen molar-refractivity contribution in [3.8, 4) is 22.8 Å². The van der Waals surface area contributed by atoms with Crippen LogP contribution >= 0.6 is 0 Å². The van der Waals surface area contributed by atoms with Gasteiger partial charge in [0.15, 0.2) is 0 Å². The minimum atomic E-state index is -0.0999. The molecule has 0 spiro atoms. The Hall–Kier alpha value is -4.46. The van der Waals surface area contributed by atoms with Gasteiger partial charge in [-0.2, -0.15) is 0 Å². The number of amides is 1. The van der Waals surface area contributed by atoms with Gasteiger partial charge in [-0.1, -0.05) is 30.9 Å². The molecule has 0 saturated carbocycles. The highest BCUT2D eigenvalue weighted by Crippen LogP contribution is 2.41. The fourth-order valence-electron chi connectivity index (χ4n) is 4.34. The van der Waals surface area contributed by atoms with Crippen molar-refractivity contribution in [1.82, 2.24) is 24.4 Å². The Morgan fingerprint density at radius 1 is 1.18 bits per heavy atom. The van der Waals surface area contributed by atoms with Crippen LogP contribution < -0.4 is 10.5 Å². The molecule has 4 heterocycles. The quantitative estimate of drug-likeness (QED) is 0.457. The van der Waals surface area contributed by atoms with Crippen molar-refractivity contribution in [2.24, 2.45) is 7.05 Å². The highest BCUT2D eigenvalue weighted by Gasteiger charge is 2.27. The number of hydrogen-bond donors (Lipinski definition) is 1. The number of nitrogen functional groups attached to an aromatic ring is 1. The third-order valence-corrected chi connectivity index (χ3v) is 5.93. The number of nitrogens with two attached hydrogens (primary N) is 1. The summed E-state index contributed by atoms with van der Waals surface area (Å²) < 4.78 is 7.93. The molecular weight excluding hydrogens is 428 g/mol. The molecule has 1 aliphatic rings. The monoisotopic (exact) mass is 452 g/mol. The fraction of sp³-hybridized carbons (Fsp3) is 0.154. The SMILES string of the molecule is C=CC(=O)N1CC=C(c2c(-c3ccc(Oc4cccc(C)n4)cc3)c3c(N)ncnc3n2C)C1. The van der Waals surface area contributed by atoms with Crippen LogP contribution in [0.5, 0.6) is 11.6 Å². The summed E-state index contributed by atoms with van der Waals surface area (Å²) in [4.78, 5) is 27.0. The van der Waals surface area contributed by atoms with Crippen LogP contribution in [0.15, 0.2) is 67.5 Å². The lowest BCUT2D eigenvalue weighted by Gasteiger charge is -2.15. The summed E-state index contributed by atoms with van der Waals surface area (Å²) in [5, 5.41) is 0.781. The molecule has 5 rings (SSSR count). The smallest absolute Gasteiger partial charge is 0.246 e. The van der Waals surface area contributed by atoms with E-state index >= 15 is 0 Å². The van der Waals surface area contributed by atoms with Gasteiger partial charge in [0, 0.05) is 37.5 Å². The van der Waals surface area contributed by atoms with Gasteiger partial charge in [0.2, 0.25) is 11.8 Å². The second-order valence-electron chi connectivity index (χ2n) is 8.14. The van der Waals surface area contributed by atoms with E-state index < -0.39 is 0 Å². The predicted molar refractivity (Wildman–Crippen MR) is 132 cm³/mol. The van der Waals surface area contributed by atoms with Gasteiger partial charge in [0.25, 0.3) is 0 Å². The third-order valence-electron chi connectivity index (χ3n) is 5.93. The number of ether oxygens (including phenoxy) is 1. The number of carbonyl (C=O) groups is 1. The molecule has 0 aliphatic carbocycles. The second-order valence-corrected chi connectivity index (χ2v) is 8.14. The lowest BCUT2D eigenvalue weighted by Crippen LogP contribution is -2.26. The summed E-state index contributed by atoms with van der Waals surface area (Å²) in [6.45, 7) is 6.53. The summed E-state index contributed by atoms with van der Waals surface area (Å²) in [6.07, 6.45) is 4.86. The number of pyridine rings is 1. The zero-order chi connectivity index (χ0) is 23.8. The van der Waals surface area contributed by atoms with Crippen LogP contribution in [-0.2, 0) is 11.8 Å². The molecule has 2 N–H and O–H groups in total. The molecule has 1 aromatic carbocycles. The van der Waals surface area contributed by atoms with E-state index in [1.165, 1.54) is 12.4 Å². The molecule has 3 aromatic heterocycles. The van der Waals surface area contributed by atoms with E-state index in [1.54, 1.807) is 4.90 Å². The van der Waals surface area contributed by atoms with E-state index in [4.69, 9.17) is 10.5 Å². The van der Waals surface area contributed by atoms with Crippen LogP contribution in [0.3, 0.4) is 0 Å². The zero-order valence-corrected chi connectivity index (χ0v) is 19.0. The normalized spacial score (nSPS) is 13.2. The number of aromatic nitrogens is 4. The molecule has 1 amide bonds. The van der Waals surface area contributed by atoms with E-state index in [0.29, 0.717) is 30.5 Å². The number of rotatable bonds is 5. The van der Waals surface area contributed by atoms with E-state index in [9.17, 15) is 4.79 Å². The van der Waals surface area contributed by atoms with Gasteiger partial charge in [-0.25, -0.2) is 15.0 Å². The highest BCUT2D eigenvalue weighted by atomic mass is 16.5. The average Bonchev–Trinajstić information content (AvgIpc) is 3.43. The van der Waals surface area contributed by atoms with Crippen LogP contribution in [0.1, 0.15) is 11.4 Å². The molecule has 4 aromatic rings. The van der Waals surface area contributed by atoms with Gasteiger partial charge in [-0.05, 0) is 42.3 Å². The van der Waals surface area contributed by atoms with E-state index in [2.05, 4.69) is 27.6 Å². The summed E-state index contributed by atoms with van der Waals surface area (Å²) in [7, 11) is 1.95. The Kier molecular flexibility index (Phi) is 5.33. The number of benzene rings is 1. The molecule has 170 valence electrons. The first-order valence-corrected chi connectivity index (χ1v) is 10.9. The first-order chi connectivity index (χ1) is 16.5. The second kappa shape index (κ2) is 8.47. The Bertz CT molecular complexity index is 1450. The molecule has 8 heteroatoms. The van der Waals surface area contributed by atoms with Crippen molar-refractivity contribution in [1.29, 1.82) is 0 Å². The Morgan fingerprint density at radius 2 is 1.97 bits per heavy atom. The Balaban J connectivity index is 1.58. The van der Waals surface area contributed by atoms with Crippen molar-refractivity contribution < 1.29 is 9.53 Å². The van der Waals surface area contributed by atoms with Gasteiger partial charge in [-0.15, -0.1) is 0 Å². The van der Waals surface area contributed by atoms with Gasteiger partial charge in [0.05, 0.1) is 11.1 Å². The van der Waals surface area contributed by atoms with Crippen molar-refractivity contribution in [3.63, 3.8) is 0 Å². The first-order valence-electron chi connectivity index (χ1n) is 10.9. The number of fused-ring (bicyclic) bond motifs is 1. The van der Waals surface area contributed by atoms with Crippen LogP contribution in [0.4, 0.5) is 5.82 Å². The van der Waals surface area contributed by atoms with Crippen molar-refractivity contribution in [2.75, 3.05) is 18.8 Å². The van der Waals surface area contributed by atoms with Crippen LogP contribution in [-0.4, -0.2) is 43.4 Å². The molecule has 0 radical (unpaired) electrons. The van der Waals surface area contributed by atoms with Gasteiger partial charge >= 0.3 is 0 Å². The van der Waals surface area contributed by atoms with Crippen molar-refractivity contribution in [2.45, 2.75) is 6.92 Å². The standard InChI is InChI=1S/C26H24N6O2/c1-4-21(33)32-13-12-18(14-32)24-22(23-25(27)28-15-29-26(23)31(24)3)17-8-10-19(11-9-17)34-20-7-5-6-16(2)30-20/h4-12,15H,1,13-14H2,2-3H3,(H2,27,28,29). The summed E-state index contributed by atoms with van der Waals surface area (Å²) in [5.74, 6) is 1.52. The van der Waals surface area contributed by atoms with Crippen LogP contribution in [0.25, 0.3) is 27.7 Å².